The molecular formula is C21H33N5O2. The molecule has 7 heteroatoms. The van der Waals surface area contributed by atoms with E-state index in [-0.39, 0.29) is 35.6 Å². The Kier molecular flexibility index (Phi) is 6.23. The Balaban J connectivity index is 1.71. The molecule has 154 valence electrons. The molecule has 3 amide bonds. The van der Waals surface area contributed by atoms with E-state index in [0.717, 1.165) is 25.0 Å². The van der Waals surface area contributed by atoms with Gasteiger partial charge in [-0.3, -0.25) is 15.1 Å². The van der Waals surface area contributed by atoms with E-state index >= 15 is 0 Å². The number of urea groups is 1. The summed E-state index contributed by atoms with van der Waals surface area (Å²) in [5.74, 6) is 0.400. The second-order valence-corrected chi connectivity index (χ2v) is 8.55. The van der Waals surface area contributed by atoms with Crippen molar-refractivity contribution >= 4 is 11.9 Å². The van der Waals surface area contributed by atoms with Crippen LogP contribution in [0.15, 0.2) is 24.4 Å². The molecule has 1 aromatic heterocycles. The standard InChI is InChI=1S/C21H33N5O2/c1-15(2)18-19(27)26(12-8-17-7-5-6-11-22-17)21(24-18)9-13-25(14-10-21)20(28)23-16(3)4/h5-7,11,15-16,18,24H,8-10,12-14H2,1-4H3,(H,23,28)/t18-/m1/s1. The number of aromatic nitrogens is 1. The Hall–Kier alpha value is -2.15. The number of nitrogens with zero attached hydrogens (tertiary/aromatic N) is 3. The molecule has 1 spiro atoms. The van der Waals surface area contributed by atoms with Gasteiger partial charge in [-0.15, -0.1) is 0 Å². The van der Waals surface area contributed by atoms with Gasteiger partial charge in [0.25, 0.3) is 0 Å². The Bertz CT molecular complexity index is 683. The fourth-order valence-corrected chi connectivity index (χ4v) is 4.19. The first kappa shape index (κ1) is 20.6. The topological polar surface area (TPSA) is 77.6 Å². The van der Waals surface area contributed by atoms with Gasteiger partial charge in [0, 0.05) is 56.8 Å². The molecular weight excluding hydrogens is 354 g/mol. The van der Waals surface area contributed by atoms with Crippen LogP contribution in [0.25, 0.3) is 0 Å². The normalized spacial score (nSPS) is 21.8. The maximum Gasteiger partial charge on any atom is 0.317 e. The maximum atomic E-state index is 13.2. The van der Waals surface area contributed by atoms with Crippen molar-refractivity contribution in [2.24, 2.45) is 5.92 Å². The minimum atomic E-state index is -0.366. The van der Waals surface area contributed by atoms with E-state index in [9.17, 15) is 9.59 Å². The van der Waals surface area contributed by atoms with E-state index in [2.05, 4.69) is 29.5 Å². The van der Waals surface area contributed by atoms with Crippen LogP contribution in [0.5, 0.6) is 0 Å². The average molecular weight is 388 g/mol. The molecule has 7 nitrogen and oxygen atoms in total. The second kappa shape index (κ2) is 8.47. The van der Waals surface area contributed by atoms with Crippen LogP contribution < -0.4 is 10.6 Å². The fourth-order valence-electron chi connectivity index (χ4n) is 4.19. The van der Waals surface area contributed by atoms with Gasteiger partial charge in [0.2, 0.25) is 5.91 Å². The van der Waals surface area contributed by atoms with Crippen molar-refractivity contribution in [1.29, 1.82) is 0 Å². The molecule has 2 aliphatic heterocycles. The Morgan fingerprint density at radius 3 is 2.57 bits per heavy atom. The molecule has 0 bridgehead atoms. The smallest absolute Gasteiger partial charge is 0.317 e. The number of pyridine rings is 1. The lowest BCUT2D eigenvalue weighted by Crippen LogP contribution is -2.61. The lowest BCUT2D eigenvalue weighted by molar-refractivity contribution is -0.133. The number of hydrogen-bond acceptors (Lipinski definition) is 4. The highest BCUT2D eigenvalue weighted by Gasteiger charge is 2.52. The summed E-state index contributed by atoms with van der Waals surface area (Å²) < 4.78 is 0. The lowest BCUT2D eigenvalue weighted by atomic mass is 9.95. The molecule has 28 heavy (non-hydrogen) atoms. The van der Waals surface area contributed by atoms with E-state index in [1.165, 1.54) is 0 Å². The third kappa shape index (κ3) is 4.29. The van der Waals surface area contributed by atoms with Crippen LogP contribution in [-0.2, 0) is 11.2 Å². The summed E-state index contributed by atoms with van der Waals surface area (Å²) in [5.41, 5.74) is 0.627. The van der Waals surface area contributed by atoms with Crippen LogP contribution in [-0.4, -0.2) is 64.1 Å². The third-order valence-corrected chi connectivity index (χ3v) is 5.75. The van der Waals surface area contributed by atoms with Crippen LogP contribution >= 0.6 is 0 Å². The highest BCUT2D eigenvalue weighted by atomic mass is 16.2. The van der Waals surface area contributed by atoms with Crippen molar-refractivity contribution in [3.63, 3.8) is 0 Å². The monoisotopic (exact) mass is 387 g/mol. The molecule has 0 aliphatic carbocycles. The minimum absolute atomic E-state index is 0.0189. The van der Waals surface area contributed by atoms with Crippen molar-refractivity contribution in [3.8, 4) is 0 Å². The maximum absolute atomic E-state index is 13.2. The quantitative estimate of drug-likeness (QED) is 0.810. The number of rotatable bonds is 5. The van der Waals surface area contributed by atoms with Crippen LogP contribution in [0.4, 0.5) is 4.79 Å². The summed E-state index contributed by atoms with van der Waals surface area (Å²) in [4.78, 5) is 33.8. The number of hydrogen-bond donors (Lipinski definition) is 2. The van der Waals surface area contributed by atoms with Crippen molar-refractivity contribution < 1.29 is 9.59 Å². The van der Waals surface area contributed by atoms with E-state index in [1.807, 2.05) is 41.8 Å². The molecule has 2 N–H and O–H groups in total. The predicted octanol–water partition coefficient (Wildman–Crippen LogP) is 1.99. The Morgan fingerprint density at radius 1 is 1.29 bits per heavy atom. The molecule has 1 atom stereocenters. The number of carbonyl (C=O) groups is 2. The summed E-state index contributed by atoms with van der Waals surface area (Å²) in [6.07, 6.45) is 4.02. The molecule has 0 radical (unpaired) electrons. The molecule has 0 unspecified atom stereocenters. The highest BCUT2D eigenvalue weighted by Crippen LogP contribution is 2.34. The summed E-state index contributed by atoms with van der Waals surface area (Å²) in [5, 5.41) is 6.60. The van der Waals surface area contributed by atoms with Gasteiger partial charge in [0.1, 0.15) is 0 Å². The summed E-state index contributed by atoms with van der Waals surface area (Å²) in [6, 6.07) is 5.81. The number of likely N-dealkylation sites (tertiary alicyclic amines) is 1. The molecule has 2 saturated heterocycles. The molecule has 0 aromatic carbocycles. The first-order chi connectivity index (χ1) is 13.3. The number of piperidine rings is 1. The first-order valence-electron chi connectivity index (χ1n) is 10.4. The van der Waals surface area contributed by atoms with Crippen LogP contribution in [0, 0.1) is 5.92 Å². The van der Waals surface area contributed by atoms with Gasteiger partial charge in [-0.1, -0.05) is 19.9 Å². The molecule has 2 aliphatic rings. The van der Waals surface area contributed by atoms with Gasteiger partial charge >= 0.3 is 6.03 Å². The average Bonchev–Trinajstić information content (AvgIpc) is 2.93. The zero-order valence-corrected chi connectivity index (χ0v) is 17.4. The van der Waals surface area contributed by atoms with Crippen LogP contribution in [0.3, 0.4) is 0 Å². The third-order valence-electron chi connectivity index (χ3n) is 5.75. The summed E-state index contributed by atoms with van der Waals surface area (Å²) in [7, 11) is 0. The largest absolute Gasteiger partial charge is 0.336 e. The van der Waals surface area contributed by atoms with Crippen molar-refractivity contribution in [3.05, 3.63) is 30.1 Å². The van der Waals surface area contributed by atoms with Gasteiger partial charge in [-0.05, 0) is 31.9 Å². The van der Waals surface area contributed by atoms with Crippen molar-refractivity contribution in [2.75, 3.05) is 19.6 Å². The van der Waals surface area contributed by atoms with E-state index in [4.69, 9.17) is 0 Å². The zero-order valence-electron chi connectivity index (χ0n) is 17.4. The number of carbonyl (C=O) groups excluding carboxylic acids is 2. The van der Waals surface area contributed by atoms with E-state index in [0.29, 0.717) is 19.6 Å². The second-order valence-electron chi connectivity index (χ2n) is 8.55. The summed E-state index contributed by atoms with van der Waals surface area (Å²) in [6.45, 7) is 10.0. The predicted molar refractivity (Wildman–Crippen MR) is 109 cm³/mol. The number of nitrogens with one attached hydrogen (secondary N) is 2. The fraction of sp³-hybridized carbons (Fsp3) is 0.667. The van der Waals surface area contributed by atoms with Gasteiger partial charge < -0.3 is 15.1 Å². The van der Waals surface area contributed by atoms with Crippen LogP contribution in [0.2, 0.25) is 0 Å². The van der Waals surface area contributed by atoms with Gasteiger partial charge in [-0.25, -0.2) is 4.79 Å². The van der Waals surface area contributed by atoms with Crippen molar-refractivity contribution in [2.45, 2.75) is 64.7 Å². The van der Waals surface area contributed by atoms with Crippen molar-refractivity contribution in [1.82, 2.24) is 25.4 Å². The molecule has 0 saturated carbocycles. The first-order valence-corrected chi connectivity index (χ1v) is 10.4. The van der Waals surface area contributed by atoms with Gasteiger partial charge in [0.05, 0.1) is 11.7 Å². The molecule has 3 rings (SSSR count). The Morgan fingerprint density at radius 2 is 2.00 bits per heavy atom. The van der Waals surface area contributed by atoms with E-state index in [1.54, 1.807) is 6.20 Å². The van der Waals surface area contributed by atoms with E-state index < -0.39 is 0 Å². The molecule has 1 aromatic rings. The highest BCUT2D eigenvalue weighted by molar-refractivity contribution is 5.85. The lowest BCUT2D eigenvalue weighted by Gasteiger charge is -2.44. The van der Waals surface area contributed by atoms with Gasteiger partial charge in [-0.2, -0.15) is 0 Å². The molecule has 3 heterocycles. The van der Waals surface area contributed by atoms with Crippen LogP contribution in [0.1, 0.15) is 46.2 Å². The van der Waals surface area contributed by atoms with Gasteiger partial charge in [0.15, 0.2) is 0 Å². The SMILES string of the molecule is CC(C)NC(=O)N1CCC2(CC1)N[C@H](C(C)C)C(=O)N2CCc1ccccn1. The minimum Gasteiger partial charge on any atom is -0.336 e. The Labute approximate surface area is 167 Å². The zero-order chi connectivity index (χ0) is 20.3. The number of amides is 3. The summed E-state index contributed by atoms with van der Waals surface area (Å²) >= 11 is 0. The molecule has 2 fully saturated rings.